The number of aromatic amines is 1. The molecular formula is C21H25N4+. The summed E-state index contributed by atoms with van der Waals surface area (Å²) >= 11 is 0. The van der Waals surface area contributed by atoms with Gasteiger partial charge >= 0.3 is 0 Å². The molecule has 4 nitrogen and oxygen atoms in total. The first-order chi connectivity index (χ1) is 12.2. The summed E-state index contributed by atoms with van der Waals surface area (Å²) in [5.74, 6) is 6.54. The molecule has 3 rings (SSSR count). The molecule has 2 aromatic heterocycles. The van der Waals surface area contributed by atoms with E-state index in [0.29, 0.717) is 6.54 Å². The lowest BCUT2D eigenvalue weighted by molar-refractivity contribution is -0.386. The Morgan fingerprint density at radius 3 is 2.76 bits per heavy atom. The van der Waals surface area contributed by atoms with Crippen LogP contribution in [0.5, 0.6) is 0 Å². The highest BCUT2D eigenvalue weighted by molar-refractivity contribution is 5.83. The second-order valence-electron chi connectivity index (χ2n) is 6.11. The maximum atomic E-state index is 3.32. The minimum atomic E-state index is 0.618. The molecule has 0 spiro atoms. The number of fused-ring (bicyclic) bond motifs is 1. The monoisotopic (exact) mass is 333 g/mol. The molecule has 25 heavy (non-hydrogen) atoms. The maximum Gasteiger partial charge on any atom is 0.190 e. The topological polar surface area (TPSA) is 43.1 Å². The van der Waals surface area contributed by atoms with Crippen LogP contribution in [0, 0.1) is 18.8 Å². The van der Waals surface area contributed by atoms with E-state index >= 15 is 0 Å². The van der Waals surface area contributed by atoms with Crippen LogP contribution in [-0.2, 0) is 13.1 Å². The number of aromatic nitrogens is 2. The number of hydrogen-bond donors (Lipinski definition) is 2. The predicted octanol–water partition coefficient (Wildman–Crippen LogP) is 2.97. The van der Waals surface area contributed by atoms with Gasteiger partial charge in [0, 0.05) is 37.0 Å². The lowest BCUT2D eigenvalue weighted by Crippen LogP contribution is -2.09. The van der Waals surface area contributed by atoms with Gasteiger partial charge in [0.2, 0.25) is 0 Å². The number of H-pyrrole nitrogens is 1. The van der Waals surface area contributed by atoms with Crippen molar-refractivity contribution in [3.05, 3.63) is 59.5 Å². The molecule has 4 heteroatoms. The average Bonchev–Trinajstić information content (AvgIpc) is 2.97. The number of hydrogen-bond acceptors (Lipinski definition) is 2. The van der Waals surface area contributed by atoms with Crippen LogP contribution in [0.15, 0.2) is 42.6 Å². The molecule has 128 valence electrons. The Bertz CT molecular complexity index is 911. The van der Waals surface area contributed by atoms with Crippen molar-refractivity contribution in [2.75, 3.05) is 18.9 Å². The third-order valence-electron chi connectivity index (χ3n) is 4.23. The molecule has 1 aromatic carbocycles. The Morgan fingerprint density at radius 1 is 1.16 bits per heavy atom. The van der Waals surface area contributed by atoms with Gasteiger partial charge in [0.25, 0.3) is 0 Å². The molecule has 2 heterocycles. The molecule has 3 N–H and O–H groups in total. The number of pyridine rings is 1. The van der Waals surface area contributed by atoms with Gasteiger partial charge in [0.15, 0.2) is 11.9 Å². The minimum Gasteiger partial charge on any atom is -0.369 e. The number of anilines is 1. The second kappa shape index (κ2) is 7.87. The summed E-state index contributed by atoms with van der Waals surface area (Å²) in [6, 6.07) is 12.9. The molecule has 0 radical (unpaired) electrons. The SMILES string of the molecule is CCn1c(C#CCNc2ccc(C)[nH+]c2)cc2cc(CNC)ccc21. The van der Waals surface area contributed by atoms with Crippen molar-refractivity contribution in [3.63, 3.8) is 0 Å². The van der Waals surface area contributed by atoms with E-state index in [1.54, 1.807) is 0 Å². The van der Waals surface area contributed by atoms with E-state index in [1.807, 2.05) is 26.2 Å². The fourth-order valence-electron chi connectivity index (χ4n) is 2.97. The van der Waals surface area contributed by atoms with Crippen molar-refractivity contribution in [3.8, 4) is 11.8 Å². The molecule has 0 aliphatic rings. The number of aryl methyl sites for hydroxylation is 2. The third kappa shape index (κ3) is 4.01. The van der Waals surface area contributed by atoms with E-state index < -0.39 is 0 Å². The van der Waals surface area contributed by atoms with Gasteiger partial charge in [-0.25, -0.2) is 4.98 Å². The van der Waals surface area contributed by atoms with Gasteiger partial charge in [0.1, 0.15) is 0 Å². The van der Waals surface area contributed by atoms with E-state index in [-0.39, 0.29) is 0 Å². The number of nitrogens with zero attached hydrogens (tertiary/aromatic N) is 1. The van der Waals surface area contributed by atoms with Crippen LogP contribution in [0.4, 0.5) is 5.69 Å². The largest absolute Gasteiger partial charge is 0.369 e. The van der Waals surface area contributed by atoms with Crippen molar-refractivity contribution in [2.45, 2.75) is 26.9 Å². The molecule has 0 saturated heterocycles. The summed E-state index contributed by atoms with van der Waals surface area (Å²) in [4.78, 5) is 3.19. The van der Waals surface area contributed by atoms with Crippen LogP contribution in [0.2, 0.25) is 0 Å². The summed E-state index contributed by atoms with van der Waals surface area (Å²) in [7, 11) is 1.97. The van der Waals surface area contributed by atoms with Gasteiger partial charge in [-0.2, -0.15) is 0 Å². The van der Waals surface area contributed by atoms with Gasteiger partial charge < -0.3 is 15.2 Å². The molecule has 0 saturated carbocycles. The molecule has 0 aliphatic heterocycles. The highest BCUT2D eigenvalue weighted by Crippen LogP contribution is 2.21. The Hall–Kier alpha value is -2.77. The zero-order chi connectivity index (χ0) is 17.6. The molecule has 0 fully saturated rings. The maximum absolute atomic E-state index is 3.32. The Morgan fingerprint density at radius 2 is 2.04 bits per heavy atom. The Labute approximate surface area is 149 Å². The minimum absolute atomic E-state index is 0.618. The summed E-state index contributed by atoms with van der Waals surface area (Å²) < 4.78 is 2.27. The predicted molar refractivity (Wildman–Crippen MR) is 103 cm³/mol. The second-order valence-corrected chi connectivity index (χ2v) is 6.11. The quantitative estimate of drug-likeness (QED) is 0.705. The normalized spacial score (nSPS) is 10.5. The van der Waals surface area contributed by atoms with Gasteiger partial charge in [-0.05, 0) is 49.7 Å². The van der Waals surface area contributed by atoms with Crippen LogP contribution in [-0.4, -0.2) is 18.2 Å². The average molecular weight is 333 g/mol. The Balaban J connectivity index is 1.77. The van der Waals surface area contributed by atoms with E-state index in [4.69, 9.17) is 0 Å². The fourth-order valence-corrected chi connectivity index (χ4v) is 2.97. The zero-order valence-corrected chi connectivity index (χ0v) is 15.1. The number of rotatable bonds is 5. The first kappa shape index (κ1) is 17.1. The van der Waals surface area contributed by atoms with E-state index in [9.17, 15) is 0 Å². The molecule has 3 aromatic rings. The van der Waals surface area contributed by atoms with Crippen LogP contribution >= 0.6 is 0 Å². The zero-order valence-electron chi connectivity index (χ0n) is 15.1. The van der Waals surface area contributed by atoms with Gasteiger partial charge in [-0.1, -0.05) is 12.0 Å². The fraction of sp³-hybridized carbons (Fsp3) is 0.286. The van der Waals surface area contributed by atoms with Gasteiger partial charge in [-0.15, -0.1) is 0 Å². The summed E-state index contributed by atoms with van der Waals surface area (Å²) in [5, 5.41) is 7.77. The molecule has 0 aliphatic carbocycles. The first-order valence-electron chi connectivity index (χ1n) is 8.69. The van der Waals surface area contributed by atoms with Crippen LogP contribution < -0.4 is 15.6 Å². The summed E-state index contributed by atoms with van der Waals surface area (Å²) in [6.07, 6.45) is 1.96. The van der Waals surface area contributed by atoms with E-state index in [2.05, 4.69) is 69.3 Å². The van der Waals surface area contributed by atoms with Crippen molar-refractivity contribution in [2.24, 2.45) is 0 Å². The highest BCUT2D eigenvalue weighted by atomic mass is 15.0. The highest BCUT2D eigenvalue weighted by Gasteiger charge is 2.06. The van der Waals surface area contributed by atoms with Crippen molar-refractivity contribution >= 4 is 16.6 Å². The lowest BCUT2D eigenvalue weighted by atomic mass is 10.1. The standard InChI is InChI=1S/C21H24N4/c1-4-25-20(6-5-11-23-19-9-7-16(2)24-15-19)13-18-12-17(14-22-3)8-10-21(18)25/h7-10,12-13,15,22-23H,4,11,14H2,1-3H3/p+1. The number of benzene rings is 1. The Kier molecular flexibility index (Phi) is 5.37. The van der Waals surface area contributed by atoms with Crippen molar-refractivity contribution < 1.29 is 4.98 Å². The molecule has 0 amide bonds. The smallest absolute Gasteiger partial charge is 0.190 e. The van der Waals surface area contributed by atoms with Crippen LogP contribution in [0.25, 0.3) is 10.9 Å². The molecule has 0 bridgehead atoms. The number of nitrogens with one attached hydrogen (secondary N) is 3. The van der Waals surface area contributed by atoms with Crippen molar-refractivity contribution in [1.82, 2.24) is 9.88 Å². The third-order valence-corrected chi connectivity index (χ3v) is 4.23. The van der Waals surface area contributed by atoms with Crippen LogP contribution in [0.1, 0.15) is 23.9 Å². The van der Waals surface area contributed by atoms with Crippen molar-refractivity contribution in [1.29, 1.82) is 0 Å². The molecule has 0 unspecified atom stereocenters. The van der Waals surface area contributed by atoms with Gasteiger partial charge in [0.05, 0.1) is 17.9 Å². The van der Waals surface area contributed by atoms with E-state index in [0.717, 1.165) is 30.2 Å². The lowest BCUT2D eigenvalue weighted by Gasteiger charge is -2.04. The summed E-state index contributed by atoms with van der Waals surface area (Å²) in [6.45, 7) is 6.61. The van der Waals surface area contributed by atoms with Gasteiger partial charge in [-0.3, -0.25) is 0 Å². The molecule has 0 atom stereocenters. The summed E-state index contributed by atoms with van der Waals surface area (Å²) in [5.41, 5.74) is 5.79. The van der Waals surface area contributed by atoms with Crippen LogP contribution in [0.3, 0.4) is 0 Å². The van der Waals surface area contributed by atoms with E-state index in [1.165, 1.54) is 16.5 Å². The first-order valence-corrected chi connectivity index (χ1v) is 8.69. The molecular weight excluding hydrogens is 308 g/mol.